The van der Waals surface area contributed by atoms with Gasteiger partial charge in [-0.05, 0) is 19.4 Å². The van der Waals surface area contributed by atoms with Gasteiger partial charge in [-0.25, -0.2) is 4.79 Å². The monoisotopic (exact) mass is 253 g/mol. The van der Waals surface area contributed by atoms with E-state index < -0.39 is 0 Å². The van der Waals surface area contributed by atoms with Gasteiger partial charge < -0.3 is 10.1 Å². The van der Waals surface area contributed by atoms with Gasteiger partial charge in [0.15, 0.2) is 0 Å². The van der Waals surface area contributed by atoms with E-state index in [1.165, 1.54) is 7.05 Å². The number of aromatic nitrogens is 2. The minimum absolute atomic E-state index is 0.194. The summed E-state index contributed by atoms with van der Waals surface area (Å²) in [6.07, 6.45) is 2.42. The number of nitrogens with zero attached hydrogens (tertiary/aromatic N) is 2. The molecule has 18 heavy (non-hydrogen) atoms. The van der Waals surface area contributed by atoms with Crippen LogP contribution in [0.15, 0.2) is 9.59 Å². The first kappa shape index (κ1) is 13.0. The lowest BCUT2D eigenvalue weighted by Crippen LogP contribution is -2.42. The minimum Gasteiger partial charge on any atom is -0.396 e. The van der Waals surface area contributed by atoms with E-state index >= 15 is 0 Å². The number of hydrogen-bond donors (Lipinski definition) is 2. The van der Waals surface area contributed by atoms with E-state index in [4.69, 9.17) is 5.11 Å². The minimum atomic E-state index is -0.340. The van der Waals surface area contributed by atoms with Crippen LogP contribution in [0.3, 0.4) is 0 Å². The molecule has 2 heterocycles. The Hall–Kier alpha value is -1.40. The SMILES string of the molecule is Cn1c(=O)[nH]c2c(c1=O)CN(CCCCO)CC2. The highest BCUT2D eigenvalue weighted by Gasteiger charge is 2.20. The summed E-state index contributed by atoms with van der Waals surface area (Å²) in [5.41, 5.74) is 0.946. The van der Waals surface area contributed by atoms with E-state index in [1.54, 1.807) is 0 Å². The molecule has 2 rings (SSSR count). The van der Waals surface area contributed by atoms with Gasteiger partial charge in [0.1, 0.15) is 0 Å². The molecule has 6 nitrogen and oxygen atoms in total. The third kappa shape index (κ3) is 2.54. The van der Waals surface area contributed by atoms with Crippen LogP contribution in [0.4, 0.5) is 0 Å². The number of H-pyrrole nitrogens is 1. The molecule has 1 aliphatic heterocycles. The summed E-state index contributed by atoms with van der Waals surface area (Å²) in [6.45, 7) is 2.52. The fourth-order valence-corrected chi connectivity index (χ4v) is 2.30. The van der Waals surface area contributed by atoms with Gasteiger partial charge in [0.2, 0.25) is 0 Å². The Bertz CT molecular complexity index is 532. The van der Waals surface area contributed by atoms with Crippen molar-refractivity contribution in [2.24, 2.45) is 7.05 Å². The number of aromatic amines is 1. The van der Waals surface area contributed by atoms with Crippen molar-refractivity contribution in [3.05, 3.63) is 32.1 Å². The third-order valence-corrected chi connectivity index (χ3v) is 3.43. The summed E-state index contributed by atoms with van der Waals surface area (Å²) in [5, 5.41) is 8.75. The largest absolute Gasteiger partial charge is 0.396 e. The lowest BCUT2D eigenvalue weighted by Gasteiger charge is -2.27. The number of aliphatic hydroxyl groups is 1. The Morgan fingerprint density at radius 1 is 1.33 bits per heavy atom. The van der Waals surface area contributed by atoms with E-state index in [0.29, 0.717) is 18.5 Å². The van der Waals surface area contributed by atoms with Crippen LogP contribution in [0, 0.1) is 0 Å². The Kier molecular flexibility index (Phi) is 3.98. The molecule has 0 unspecified atom stereocenters. The summed E-state index contributed by atoms with van der Waals surface area (Å²) < 4.78 is 1.12. The predicted molar refractivity (Wildman–Crippen MR) is 67.6 cm³/mol. The van der Waals surface area contributed by atoms with Crippen LogP contribution >= 0.6 is 0 Å². The average molecular weight is 253 g/mol. The fourth-order valence-electron chi connectivity index (χ4n) is 2.30. The van der Waals surface area contributed by atoms with Crippen LogP contribution < -0.4 is 11.2 Å². The molecule has 1 aliphatic rings. The van der Waals surface area contributed by atoms with Crippen molar-refractivity contribution in [1.29, 1.82) is 0 Å². The number of unbranched alkanes of at least 4 members (excludes halogenated alkanes) is 1. The van der Waals surface area contributed by atoms with Crippen molar-refractivity contribution >= 4 is 0 Å². The van der Waals surface area contributed by atoms with Gasteiger partial charge in [-0.3, -0.25) is 14.3 Å². The van der Waals surface area contributed by atoms with E-state index in [-0.39, 0.29) is 17.9 Å². The first-order valence-electron chi connectivity index (χ1n) is 6.27. The lowest BCUT2D eigenvalue weighted by atomic mass is 10.1. The van der Waals surface area contributed by atoms with Crippen molar-refractivity contribution in [3.8, 4) is 0 Å². The molecule has 1 aromatic heterocycles. The lowest BCUT2D eigenvalue weighted by molar-refractivity contribution is 0.226. The molecular weight excluding hydrogens is 234 g/mol. The Morgan fingerprint density at radius 3 is 2.83 bits per heavy atom. The molecule has 100 valence electrons. The van der Waals surface area contributed by atoms with Gasteiger partial charge in [-0.15, -0.1) is 0 Å². The van der Waals surface area contributed by atoms with Gasteiger partial charge in [0.25, 0.3) is 5.56 Å². The van der Waals surface area contributed by atoms with E-state index in [1.807, 2.05) is 0 Å². The summed E-state index contributed by atoms with van der Waals surface area (Å²) in [4.78, 5) is 28.4. The molecule has 1 aromatic rings. The zero-order valence-corrected chi connectivity index (χ0v) is 10.6. The van der Waals surface area contributed by atoms with Crippen LogP contribution in [-0.4, -0.2) is 39.3 Å². The number of nitrogens with one attached hydrogen (secondary N) is 1. The Labute approximate surface area is 105 Å². The molecule has 0 saturated carbocycles. The molecule has 0 amide bonds. The number of fused-ring (bicyclic) bond motifs is 1. The second kappa shape index (κ2) is 5.49. The first-order chi connectivity index (χ1) is 8.63. The van der Waals surface area contributed by atoms with Crippen molar-refractivity contribution in [2.75, 3.05) is 19.7 Å². The molecule has 0 radical (unpaired) electrons. The standard InChI is InChI=1S/C12H19N3O3/c1-14-11(17)9-8-15(5-2-3-7-16)6-4-10(9)13-12(14)18/h16H,2-8H2,1H3,(H,13,18). The van der Waals surface area contributed by atoms with Gasteiger partial charge in [-0.1, -0.05) is 0 Å². The molecule has 0 aliphatic carbocycles. The number of aliphatic hydroxyl groups excluding tert-OH is 1. The van der Waals surface area contributed by atoms with Crippen LogP contribution in [0.1, 0.15) is 24.1 Å². The zero-order valence-electron chi connectivity index (χ0n) is 10.6. The van der Waals surface area contributed by atoms with Gasteiger partial charge >= 0.3 is 5.69 Å². The highest BCUT2D eigenvalue weighted by Crippen LogP contribution is 2.12. The molecule has 0 aromatic carbocycles. The molecule has 0 atom stereocenters. The normalized spacial score (nSPS) is 15.7. The number of hydrogen-bond acceptors (Lipinski definition) is 4. The molecule has 0 bridgehead atoms. The highest BCUT2D eigenvalue weighted by atomic mass is 16.3. The van der Waals surface area contributed by atoms with Gasteiger partial charge in [0, 0.05) is 38.9 Å². The van der Waals surface area contributed by atoms with E-state index in [0.717, 1.165) is 36.2 Å². The highest BCUT2D eigenvalue weighted by molar-refractivity contribution is 5.19. The van der Waals surface area contributed by atoms with Crippen molar-refractivity contribution in [1.82, 2.24) is 14.5 Å². The summed E-state index contributed by atoms with van der Waals surface area (Å²) in [6, 6.07) is 0. The first-order valence-corrected chi connectivity index (χ1v) is 6.27. The van der Waals surface area contributed by atoms with Gasteiger partial charge in [-0.2, -0.15) is 0 Å². The molecule has 0 spiro atoms. The number of rotatable bonds is 4. The van der Waals surface area contributed by atoms with Crippen LogP contribution in [0.2, 0.25) is 0 Å². The second-order valence-electron chi connectivity index (χ2n) is 4.71. The molecular formula is C12H19N3O3. The maximum absolute atomic E-state index is 12.0. The van der Waals surface area contributed by atoms with E-state index in [2.05, 4.69) is 9.88 Å². The predicted octanol–water partition coefficient (Wildman–Crippen LogP) is -0.796. The smallest absolute Gasteiger partial charge is 0.328 e. The quantitative estimate of drug-likeness (QED) is 0.689. The van der Waals surface area contributed by atoms with Crippen molar-refractivity contribution in [3.63, 3.8) is 0 Å². The Morgan fingerprint density at radius 2 is 2.11 bits per heavy atom. The fraction of sp³-hybridized carbons (Fsp3) is 0.667. The second-order valence-corrected chi connectivity index (χ2v) is 4.71. The molecule has 2 N–H and O–H groups in total. The topological polar surface area (TPSA) is 78.3 Å². The Balaban J connectivity index is 2.16. The maximum Gasteiger partial charge on any atom is 0.328 e. The zero-order chi connectivity index (χ0) is 13.1. The molecule has 0 saturated heterocycles. The van der Waals surface area contributed by atoms with Gasteiger partial charge in [0.05, 0.1) is 5.56 Å². The third-order valence-electron chi connectivity index (χ3n) is 3.43. The van der Waals surface area contributed by atoms with Crippen LogP contribution in [-0.2, 0) is 20.0 Å². The maximum atomic E-state index is 12.0. The summed E-state index contributed by atoms with van der Waals surface area (Å²) >= 11 is 0. The summed E-state index contributed by atoms with van der Waals surface area (Å²) in [7, 11) is 1.49. The molecule has 6 heteroatoms. The van der Waals surface area contributed by atoms with E-state index in [9.17, 15) is 9.59 Å². The molecule has 0 fully saturated rings. The van der Waals surface area contributed by atoms with Crippen molar-refractivity contribution < 1.29 is 5.11 Å². The van der Waals surface area contributed by atoms with Crippen LogP contribution in [0.5, 0.6) is 0 Å². The summed E-state index contributed by atoms with van der Waals surface area (Å²) in [5.74, 6) is 0. The van der Waals surface area contributed by atoms with Crippen molar-refractivity contribution in [2.45, 2.75) is 25.8 Å². The average Bonchev–Trinajstić information content (AvgIpc) is 2.37. The van der Waals surface area contributed by atoms with Crippen LogP contribution in [0.25, 0.3) is 0 Å².